The summed E-state index contributed by atoms with van der Waals surface area (Å²) in [6, 6.07) is 8.53. The maximum atomic E-state index is 6.13. The number of nitrogens with one attached hydrogen (secondary N) is 1. The molecular weight excluding hydrogens is 246 g/mol. The van der Waals surface area contributed by atoms with E-state index < -0.39 is 0 Å². The Labute approximate surface area is 124 Å². The zero-order chi connectivity index (χ0) is 15.2. The van der Waals surface area contributed by atoms with Crippen molar-refractivity contribution in [1.29, 1.82) is 0 Å². The second kappa shape index (κ2) is 7.68. The molecule has 0 spiro atoms. The highest BCUT2D eigenvalue weighted by atomic mass is 16.5. The predicted octanol–water partition coefficient (Wildman–Crippen LogP) is 4.39. The van der Waals surface area contributed by atoms with Gasteiger partial charge in [-0.05, 0) is 42.0 Å². The van der Waals surface area contributed by atoms with Crippen LogP contribution in [-0.4, -0.2) is 19.2 Å². The van der Waals surface area contributed by atoms with Crippen molar-refractivity contribution in [3.8, 4) is 5.75 Å². The zero-order valence-corrected chi connectivity index (χ0v) is 14.0. The molecule has 0 amide bonds. The normalized spacial score (nSPS) is 13.6. The molecule has 2 heteroatoms. The topological polar surface area (TPSA) is 21.3 Å². The van der Waals surface area contributed by atoms with Crippen molar-refractivity contribution in [3.05, 3.63) is 29.8 Å². The molecule has 1 rings (SSSR count). The summed E-state index contributed by atoms with van der Waals surface area (Å²) in [6.07, 6.45) is 1.38. The summed E-state index contributed by atoms with van der Waals surface area (Å²) in [7, 11) is 0. The van der Waals surface area contributed by atoms with Gasteiger partial charge in [0.2, 0.25) is 0 Å². The summed E-state index contributed by atoms with van der Waals surface area (Å²) in [5.74, 6) is 1.47. The highest BCUT2D eigenvalue weighted by molar-refractivity contribution is 5.31. The van der Waals surface area contributed by atoms with Crippen molar-refractivity contribution in [2.75, 3.05) is 13.1 Å². The van der Waals surface area contributed by atoms with Crippen LogP contribution in [-0.2, 0) is 5.41 Å². The standard InChI is InChI=1S/C18H31NO/c1-7-12-19-13-17(14(2)3)20-16-10-8-15(9-11-16)18(4,5)6/h8-11,14,17,19H,7,12-13H2,1-6H3. The second-order valence-corrected chi connectivity index (χ2v) is 6.88. The van der Waals surface area contributed by atoms with Crippen LogP contribution in [0.5, 0.6) is 5.75 Å². The van der Waals surface area contributed by atoms with E-state index in [-0.39, 0.29) is 11.5 Å². The minimum absolute atomic E-state index is 0.193. The fourth-order valence-corrected chi connectivity index (χ4v) is 2.04. The van der Waals surface area contributed by atoms with Crippen molar-refractivity contribution < 1.29 is 4.74 Å². The molecular formula is C18H31NO. The van der Waals surface area contributed by atoms with Crippen LogP contribution in [0, 0.1) is 5.92 Å². The van der Waals surface area contributed by atoms with Gasteiger partial charge in [-0.25, -0.2) is 0 Å². The van der Waals surface area contributed by atoms with Crippen molar-refractivity contribution in [2.45, 2.75) is 59.5 Å². The number of hydrogen-bond acceptors (Lipinski definition) is 2. The monoisotopic (exact) mass is 277 g/mol. The molecule has 0 fully saturated rings. The zero-order valence-electron chi connectivity index (χ0n) is 14.0. The molecule has 1 unspecified atom stereocenters. The van der Waals surface area contributed by atoms with Crippen LogP contribution in [0.15, 0.2) is 24.3 Å². The molecule has 0 aliphatic heterocycles. The van der Waals surface area contributed by atoms with E-state index in [0.29, 0.717) is 5.92 Å². The summed E-state index contributed by atoms with van der Waals surface area (Å²) in [4.78, 5) is 0. The van der Waals surface area contributed by atoms with Gasteiger partial charge in [0, 0.05) is 6.54 Å². The fourth-order valence-electron chi connectivity index (χ4n) is 2.04. The third-order valence-corrected chi connectivity index (χ3v) is 3.52. The van der Waals surface area contributed by atoms with Crippen LogP contribution in [0.2, 0.25) is 0 Å². The summed E-state index contributed by atoms with van der Waals surface area (Å²) >= 11 is 0. The number of hydrogen-bond donors (Lipinski definition) is 1. The summed E-state index contributed by atoms with van der Waals surface area (Å²) in [6.45, 7) is 15.3. The van der Waals surface area contributed by atoms with Crippen LogP contribution in [0.3, 0.4) is 0 Å². The maximum absolute atomic E-state index is 6.13. The molecule has 2 nitrogen and oxygen atoms in total. The fraction of sp³-hybridized carbons (Fsp3) is 0.667. The van der Waals surface area contributed by atoms with E-state index in [4.69, 9.17) is 4.74 Å². The molecule has 0 bridgehead atoms. The summed E-state index contributed by atoms with van der Waals surface area (Å²) in [5.41, 5.74) is 1.54. The van der Waals surface area contributed by atoms with Crippen molar-refractivity contribution in [3.63, 3.8) is 0 Å². The van der Waals surface area contributed by atoms with Gasteiger partial charge < -0.3 is 10.1 Å². The lowest BCUT2D eigenvalue weighted by Gasteiger charge is -2.24. The average Bonchev–Trinajstić information content (AvgIpc) is 2.37. The molecule has 114 valence electrons. The van der Waals surface area contributed by atoms with E-state index in [0.717, 1.165) is 25.3 Å². The quantitative estimate of drug-likeness (QED) is 0.746. The van der Waals surface area contributed by atoms with Crippen molar-refractivity contribution >= 4 is 0 Å². The molecule has 0 aliphatic carbocycles. The van der Waals surface area contributed by atoms with Crippen LogP contribution in [0.4, 0.5) is 0 Å². The second-order valence-electron chi connectivity index (χ2n) is 6.88. The molecule has 0 aromatic heterocycles. The first kappa shape index (κ1) is 17.0. The number of rotatable bonds is 7. The highest BCUT2D eigenvalue weighted by Gasteiger charge is 2.16. The molecule has 0 saturated carbocycles. The van der Waals surface area contributed by atoms with Crippen molar-refractivity contribution in [1.82, 2.24) is 5.32 Å². The van der Waals surface area contributed by atoms with Gasteiger partial charge in [0.1, 0.15) is 11.9 Å². The van der Waals surface area contributed by atoms with E-state index >= 15 is 0 Å². The van der Waals surface area contributed by atoms with Gasteiger partial charge >= 0.3 is 0 Å². The minimum atomic E-state index is 0.193. The lowest BCUT2D eigenvalue weighted by Crippen LogP contribution is -2.35. The van der Waals surface area contributed by atoms with E-state index in [9.17, 15) is 0 Å². The summed E-state index contributed by atoms with van der Waals surface area (Å²) in [5, 5.41) is 3.45. The van der Waals surface area contributed by atoms with Crippen LogP contribution < -0.4 is 10.1 Å². The number of benzene rings is 1. The SMILES string of the molecule is CCCNCC(Oc1ccc(C(C)(C)C)cc1)C(C)C. The van der Waals surface area contributed by atoms with Gasteiger partial charge in [0.05, 0.1) is 0 Å². The van der Waals surface area contributed by atoms with Gasteiger partial charge in [-0.1, -0.05) is 53.7 Å². The third kappa shape index (κ3) is 5.54. The Bertz CT molecular complexity index is 375. The van der Waals surface area contributed by atoms with Gasteiger partial charge in [0.15, 0.2) is 0 Å². The molecule has 0 saturated heterocycles. The molecule has 1 aromatic carbocycles. The molecule has 20 heavy (non-hydrogen) atoms. The Morgan fingerprint density at radius 3 is 2.15 bits per heavy atom. The highest BCUT2D eigenvalue weighted by Crippen LogP contribution is 2.25. The van der Waals surface area contributed by atoms with E-state index in [2.05, 4.69) is 71.1 Å². The first-order valence-corrected chi connectivity index (χ1v) is 7.82. The van der Waals surface area contributed by atoms with E-state index in [1.165, 1.54) is 5.56 Å². The van der Waals surface area contributed by atoms with E-state index in [1.54, 1.807) is 0 Å². The Hall–Kier alpha value is -1.02. The van der Waals surface area contributed by atoms with E-state index in [1.807, 2.05) is 0 Å². The van der Waals surface area contributed by atoms with Gasteiger partial charge in [-0.15, -0.1) is 0 Å². The predicted molar refractivity (Wildman–Crippen MR) is 87.6 cm³/mol. The lowest BCUT2D eigenvalue weighted by atomic mass is 9.87. The first-order chi connectivity index (χ1) is 9.34. The average molecular weight is 277 g/mol. The largest absolute Gasteiger partial charge is 0.489 e. The van der Waals surface area contributed by atoms with Crippen LogP contribution in [0.1, 0.15) is 53.5 Å². The van der Waals surface area contributed by atoms with Gasteiger partial charge in [-0.3, -0.25) is 0 Å². The van der Waals surface area contributed by atoms with Crippen LogP contribution in [0.25, 0.3) is 0 Å². The Morgan fingerprint density at radius 2 is 1.70 bits per heavy atom. The molecule has 0 radical (unpaired) electrons. The van der Waals surface area contributed by atoms with Crippen LogP contribution >= 0.6 is 0 Å². The molecule has 1 atom stereocenters. The number of ether oxygens (including phenoxy) is 1. The Kier molecular flexibility index (Phi) is 6.54. The molecule has 0 heterocycles. The Balaban J connectivity index is 2.64. The van der Waals surface area contributed by atoms with Gasteiger partial charge in [-0.2, -0.15) is 0 Å². The molecule has 1 N–H and O–H groups in total. The third-order valence-electron chi connectivity index (χ3n) is 3.52. The Morgan fingerprint density at radius 1 is 1.10 bits per heavy atom. The molecule has 1 aromatic rings. The first-order valence-electron chi connectivity index (χ1n) is 7.82. The van der Waals surface area contributed by atoms with Crippen molar-refractivity contribution in [2.24, 2.45) is 5.92 Å². The summed E-state index contributed by atoms with van der Waals surface area (Å²) < 4.78 is 6.13. The maximum Gasteiger partial charge on any atom is 0.119 e. The minimum Gasteiger partial charge on any atom is -0.489 e. The molecule has 0 aliphatic rings. The smallest absolute Gasteiger partial charge is 0.119 e. The lowest BCUT2D eigenvalue weighted by molar-refractivity contribution is 0.149. The van der Waals surface area contributed by atoms with Gasteiger partial charge in [0.25, 0.3) is 0 Å².